The van der Waals surface area contributed by atoms with E-state index in [0.29, 0.717) is 12.1 Å². The molecule has 0 amide bonds. The molecule has 0 saturated heterocycles. The topological polar surface area (TPSA) is 81.0 Å². The molecule has 0 spiro atoms. The van der Waals surface area contributed by atoms with Crippen molar-refractivity contribution < 1.29 is 4.92 Å². The predicted octanol–water partition coefficient (Wildman–Crippen LogP) is 2.92. The normalized spacial score (nSPS) is 10.7. The van der Waals surface area contributed by atoms with E-state index in [1.165, 1.54) is 17.4 Å². The molecule has 7 heteroatoms. The number of nitro benzene ring substituents is 1. The third-order valence-electron chi connectivity index (χ3n) is 2.81. The first-order valence-corrected chi connectivity index (χ1v) is 7.22. The fourth-order valence-corrected chi connectivity index (χ4v) is 2.61. The number of rotatable bonds is 6. The third-order valence-corrected chi connectivity index (χ3v) is 3.78. The molecule has 0 atom stereocenters. The van der Waals surface area contributed by atoms with E-state index in [1.54, 1.807) is 19.1 Å². The van der Waals surface area contributed by atoms with Gasteiger partial charge in [-0.25, -0.2) is 0 Å². The van der Waals surface area contributed by atoms with Crippen LogP contribution in [0.5, 0.6) is 0 Å². The first-order chi connectivity index (χ1) is 9.61. The van der Waals surface area contributed by atoms with Crippen LogP contribution >= 0.6 is 11.3 Å². The highest BCUT2D eigenvalue weighted by molar-refractivity contribution is 7.14. The van der Waals surface area contributed by atoms with Gasteiger partial charge in [-0.05, 0) is 32.0 Å². The summed E-state index contributed by atoms with van der Waals surface area (Å²) in [6.45, 7) is 5.49. The molecular weight excluding hydrogens is 276 g/mol. The van der Waals surface area contributed by atoms with Crippen LogP contribution in [-0.4, -0.2) is 21.7 Å². The van der Waals surface area contributed by atoms with Gasteiger partial charge in [0.25, 0.3) is 5.69 Å². The summed E-state index contributed by atoms with van der Waals surface area (Å²) in [5.41, 5.74) is 1.63. The molecular formula is C13H16N4O2S. The summed E-state index contributed by atoms with van der Waals surface area (Å²) in [5.74, 6) is 0. The number of hydrogen-bond acceptors (Lipinski definition) is 6. The van der Waals surface area contributed by atoms with Crippen LogP contribution in [0.15, 0.2) is 18.2 Å². The van der Waals surface area contributed by atoms with E-state index < -0.39 is 0 Å². The second-order valence-electron chi connectivity index (χ2n) is 4.44. The molecule has 0 fully saturated rings. The lowest BCUT2D eigenvalue weighted by Crippen LogP contribution is -2.13. The van der Waals surface area contributed by atoms with Crippen LogP contribution in [0.1, 0.15) is 23.9 Å². The first kappa shape index (κ1) is 14.5. The fraction of sp³-hybridized carbons (Fsp3) is 0.385. The van der Waals surface area contributed by atoms with Gasteiger partial charge in [-0.2, -0.15) is 0 Å². The van der Waals surface area contributed by atoms with Gasteiger partial charge in [-0.15, -0.1) is 10.2 Å². The standard InChI is InChI=1S/C13H16N4O2S/c1-3-6-14-8-12-15-16-13(20-12)10-4-5-11(17(18)19)9(2)7-10/h4-5,7,14H,3,6,8H2,1-2H3. The van der Waals surface area contributed by atoms with Crippen LogP contribution < -0.4 is 5.32 Å². The van der Waals surface area contributed by atoms with Gasteiger partial charge in [0, 0.05) is 23.7 Å². The number of aromatic nitrogens is 2. The van der Waals surface area contributed by atoms with Crippen molar-refractivity contribution in [1.82, 2.24) is 15.5 Å². The second-order valence-corrected chi connectivity index (χ2v) is 5.50. The van der Waals surface area contributed by atoms with E-state index in [2.05, 4.69) is 22.4 Å². The Kier molecular flexibility index (Phi) is 4.75. The number of hydrogen-bond donors (Lipinski definition) is 1. The lowest BCUT2D eigenvalue weighted by Gasteiger charge is -1.99. The van der Waals surface area contributed by atoms with Crippen molar-refractivity contribution in [3.63, 3.8) is 0 Å². The van der Waals surface area contributed by atoms with Crippen LogP contribution in [0.4, 0.5) is 5.69 Å². The van der Waals surface area contributed by atoms with Gasteiger partial charge in [0.15, 0.2) is 0 Å². The van der Waals surface area contributed by atoms with Gasteiger partial charge in [-0.3, -0.25) is 10.1 Å². The van der Waals surface area contributed by atoms with Gasteiger partial charge in [0.05, 0.1) is 4.92 Å². The summed E-state index contributed by atoms with van der Waals surface area (Å²) in [5, 5.41) is 24.0. The fourth-order valence-electron chi connectivity index (χ4n) is 1.81. The monoisotopic (exact) mass is 292 g/mol. The molecule has 1 heterocycles. The maximum atomic E-state index is 10.8. The lowest BCUT2D eigenvalue weighted by molar-refractivity contribution is -0.385. The highest BCUT2D eigenvalue weighted by Crippen LogP contribution is 2.28. The van der Waals surface area contributed by atoms with E-state index in [9.17, 15) is 10.1 Å². The van der Waals surface area contributed by atoms with Crippen LogP contribution in [0.3, 0.4) is 0 Å². The average molecular weight is 292 g/mol. The van der Waals surface area contributed by atoms with Crippen molar-refractivity contribution in [3.8, 4) is 10.6 Å². The quantitative estimate of drug-likeness (QED) is 0.503. The van der Waals surface area contributed by atoms with Crippen molar-refractivity contribution in [2.45, 2.75) is 26.8 Å². The summed E-state index contributed by atoms with van der Waals surface area (Å²) in [6, 6.07) is 5.01. The van der Waals surface area contributed by atoms with Crippen molar-refractivity contribution in [1.29, 1.82) is 0 Å². The van der Waals surface area contributed by atoms with E-state index in [4.69, 9.17) is 0 Å². The van der Waals surface area contributed by atoms with Gasteiger partial charge in [0.1, 0.15) is 10.0 Å². The van der Waals surface area contributed by atoms with Crippen molar-refractivity contribution >= 4 is 17.0 Å². The SMILES string of the molecule is CCCNCc1nnc(-c2ccc([N+](=O)[O-])c(C)c2)s1. The Morgan fingerprint density at radius 1 is 1.40 bits per heavy atom. The van der Waals surface area contributed by atoms with E-state index in [0.717, 1.165) is 28.5 Å². The Morgan fingerprint density at radius 3 is 2.85 bits per heavy atom. The van der Waals surface area contributed by atoms with Gasteiger partial charge in [-0.1, -0.05) is 18.3 Å². The molecule has 1 aromatic heterocycles. The highest BCUT2D eigenvalue weighted by atomic mass is 32.1. The van der Waals surface area contributed by atoms with Gasteiger partial charge < -0.3 is 5.32 Å². The number of nitrogens with one attached hydrogen (secondary N) is 1. The second kappa shape index (κ2) is 6.53. The predicted molar refractivity (Wildman–Crippen MR) is 78.7 cm³/mol. The average Bonchev–Trinajstić information content (AvgIpc) is 2.87. The van der Waals surface area contributed by atoms with Crippen molar-refractivity contribution in [3.05, 3.63) is 38.9 Å². The minimum absolute atomic E-state index is 0.128. The number of aryl methyl sites for hydroxylation is 1. The number of benzene rings is 1. The molecule has 2 rings (SSSR count). The summed E-state index contributed by atoms with van der Waals surface area (Å²) < 4.78 is 0. The van der Waals surface area contributed by atoms with E-state index in [1.807, 2.05) is 0 Å². The minimum atomic E-state index is -0.376. The molecule has 0 saturated carbocycles. The molecule has 0 aliphatic carbocycles. The van der Waals surface area contributed by atoms with E-state index >= 15 is 0 Å². The maximum absolute atomic E-state index is 10.8. The molecule has 0 aliphatic rings. The molecule has 0 radical (unpaired) electrons. The smallest absolute Gasteiger partial charge is 0.272 e. The Balaban J connectivity index is 2.15. The molecule has 106 valence electrons. The molecule has 1 N–H and O–H groups in total. The van der Waals surface area contributed by atoms with E-state index in [-0.39, 0.29) is 10.6 Å². The summed E-state index contributed by atoms with van der Waals surface area (Å²) in [7, 11) is 0. The van der Waals surface area contributed by atoms with Gasteiger partial charge >= 0.3 is 0 Å². The van der Waals surface area contributed by atoms with Crippen LogP contribution in [0.25, 0.3) is 10.6 Å². The Bertz CT molecular complexity index is 612. The third kappa shape index (κ3) is 3.37. The molecule has 0 aliphatic heterocycles. The molecule has 0 bridgehead atoms. The summed E-state index contributed by atoms with van der Waals surface area (Å²) in [4.78, 5) is 10.4. The van der Waals surface area contributed by atoms with Crippen molar-refractivity contribution in [2.75, 3.05) is 6.54 Å². The zero-order chi connectivity index (χ0) is 14.5. The molecule has 0 unspecified atom stereocenters. The maximum Gasteiger partial charge on any atom is 0.272 e. The Labute approximate surface area is 121 Å². The Hall–Kier alpha value is -1.86. The van der Waals surface area contributed by atoms with Crippen LogP contribution in [-0.2, 0) is 6.54 Å². The lowest BCUT2D eigenvalue weighted by atomic mass is 10.1. The van der Waals surface area contributed by atoms with Gasteiger partial charge in [0.2, 0.25) is 0 Å². The number of nitro groups is 1. The molecule has 6 nitrogen and oxygen atoms in total. The zero-order valence-electron chi connectivity index (χ0n) is 11.4. The number of nitrogens with zero attached hydrogens (tertiary/aromatic N) is 3. The highest BCUT2D eigenvalue weighted by Gasteiger charge is 2.13. The van der Waals surface area contributed by atoms with Crippen LogP contribution in [0.2, 0.25) is 0 Å². The first-order valence-electron chi connectivity index (χ1n) is 6.40. The Morgan fingerprint density at radius 2 is 2.20 bits per heavy atom. The zero-order valence-corrected chi connectivity index (χ0v) is 12.2. The van der Waals surface area contributed by atoms with Crippen LogP contribution in [0, 0.1) is 17.0 Å². The summed E-state index contributed by atoms with van der Waals surface area (Å²) in [6.07, 6.45) is 1.08. The minimum Gasteiger partial charge on any atom is -0.310 e. The largest absolute Gasteiger partial charge is 0.310 e. The molecule has 2 aromatic rings. The van der Waals surface area contributed by atoms with Crippen molar-refractivity contribution in [2.24, 2.45) is 0 Å². The summed E-state index contributed by atoms with van der Waals surface area (Å²) >= 11 is 1.50. The molecule has 1 aromatic carbocycles. The molecule has 20 heavy (non-hydrogen) atoms.